The zero-order valence-electron chi connectivity index (χ0n) is 17.5. The third-order valence-corrected chi connectivity index (χ3v) is 11.1. The second kappa shape index (κ2) is 12.1. The summed E-state index contributed by atoms with van der Waals surface area (Å²) in [4.78, 5) is 0. The van der Waals surface area contributed by atoms with Gasteiger partial charge in [-0.05, 0) is 45.7 Å². The molecule has 0 radical (unpaired) electrons. The molecular formula is C18H43O3PSi2. The van der Waals surface area contributed by atoms with Crippen molar-refractivity contribution in [3.8, 4) is 0 Å². The number of hydrogen-bond donors (Lipinski definition) is 0. The Labute approximate surface area is 154 Å². The molecule has 0 aliphatic rings. The summed E-state index contributed by atoms with van der Waals surface area (Å²) >= 11 is 0. The lowest BCUT2D eigenvalue weighted by Crippen LogP contribution is -2.30. The summed E-state index contributed by atoms with van der Waals surface area (Å²) in [5.74, 6) is 0. The van der Waals surface area contributed by atoms with Gasteiger partial charge in [0.25, 0.3) is 0 Å². The van der Waals surface area contributed by atoms with Gasteiger partial charge < -0.3 is 8.43 Å². The molecule has 3 nitrogen and oxygen atoms in total. The smallest absolute Gasteiger partial charge is 0.311 e. The molecule has 0 aromatic heterocycles. The van der Waals surface area contributed by atoms with Gasteiger partial charge in [0.15, 0.2) is 16.6 Å². The molecule has 0 saturated heterocycles. The Morgan fingerprint density at radius 1 is 0.625 bits per heavy atom. The lowest BCUT2D eigenvalue weighted by atomic mass is 10.1. The maximum atomic E-state index is 13.1. The lowest BCUT2D eigenvalue weighted by Gasteiger charge is -2.31. The van der Waals surface area contributed by atoms with Gasteiger partial charge in [0.1, 0.15) is 0 Å². The molecular weight excluding hydrogens is 351 g/mol. The third-order valence-electron chi connectivity index (χ3n) is 3.61. The number of hydrogen-bond acceptors (Lipinski definition) is 3. The minimum Gasteiger partial charge on any atom is -0.352 e. The molecule has 0 fully saturated rings. The van der Waals surface area contributed by atoms with Gasteiger partial charge in [-0.25, -0.2) is 0 Å². The SMILES string of the molecule is CCCCCCCCCCCCP(=O)(O[Si](C)(C)C)O[Si](C)(C)C. The van der Waals surface area contributed by atoms with E-state index in [-0.39, 0.29) is 0 Å². The van der Waals surface area contributed by atoms with E-state index in [0.717, 1.165) is 12.8 Å². The molecule has 0 rings (SSSR count). The van der Waals surface area contributed by atoms with Crippen LogP contribution in [0.15, 0.2) is 0 Å². The van der Waals surface area contributed by atoms with E-state index < -0.39 is 24.2 Å². The van der Waals surface area contributed by atoms with Crippen LogP contribution in [-0.2, 0) is 13.0 Å². The summed E-state index contributed by atoms with van der Waals surface area (Å²) in [7, 11) is -6.62. The van der Waals surface area contributed by atoms with E-state index in [0.29, 0.717) is 6.16 Å². The van der Waals surface area contributed by atoms with Crippen molar-refractivity contribution in [3.05, 3.63) is 0 Å². The summed E-state index contributed by atoms with van der Waals surface area (Å²) in [6, 6.07) is 0. The summed E-state index contributed by atoms with van der Waals surface area (Å²) < 4.78 is 25.1. The monoisotopic (exact) mass is 394 g/mol. The van der Waals surface area contributed by atoms with Crippen LogP contribution in [0.1, 0.15) is 71.1 Å². The van der Waals surface area contributed by atoms with Crippen LogP contribution >= 0.6 is 7.60 Å². The Balaban J connectivity index is 4.01. The summed E-state index contributed by atoms with van der Waals surface area (Å²) in [6.45, 7) is 14.8. The van der Waals surface area contributed by atoms with Crippen molar-refractivity contribution in [1.29, 1.82) is 0 Å². The first-order valence-corrected chi connectivity index (χ1v) is 18.5. The van der Waals surface area contributed by atoms with Crippen LogP contribution in [0.5, 0.6) is 0 Å². The quantitative estimate of drug-likeness (QED) is 0.161. The fraction of sp³-hybridized carbons (Fsp3) is 1.00. The zero-order valence-corrected chi connectivity index (χ0v) is 20.3. The first-order valence-electron chi connectivity index (χ1n) is 9.98. The van der Waals surface area contributed by atoms with Gasteiger partial charge in [-0.1, -0.05) is 64.7 Å². The van der Waals surface area contributed by atoms with E-state index in [2.05, 4.69) is 46.2 Å². The number of rotatable bonds is 15. The highest BCUT2D eigenvalue weighted by Gasteiger charge is 2.35. The van der Waals surface area contributed by atoms with Crippen molar-refractivity contribution in [2.45, 2.75) is 110 Å². The lowest BCUT2D eigenvalue weighted by molar-refractivity contribution is 0.380. The molecule has 0 spiro atoms. The van der Waals surface area contributed by atoms with Crippen LogP contribution in [0.25, 0.3) is 0 Å². The molecule has 0 saturated carbocycles. The molecule has 0 heterocycles. The van der Waals surface area contributed by atoms with Crippen molar-refractivity contribution >= 4 is 24.2 Å². The predicted octanol–water partition coefficient (Wildman–Crippen LogP) is 7.80. The minimum absolute atomic E-state index is 0.595. The standard InChI is InChI=1S/C18H43O3PSi2/c1-8-9-10-11-12-13-14-15-16-17-18-22(19,20-23(2,3)4)21-24(5,6)7/h8-18H2,1-7H3. The molecule has 0 bridgehead atoms. The van der Waals surface area contributed by atoms with E-state index in [1.165, 1.54) is 51.4 Å². The van der Waals surface area contributed by atoms with Crippen LogP contribution in [0.3, 0.4) is 0 Å². The average Bonchev–Trinajstić information content (AvgIpc) is 2.36. The van der Waals surface area contributed by atoms with E-state index >= 15 is 0 Å². The third kappa shape index (κ3) is 16.1. The normalized spacial score (nSPS) is 13.5. The fourth-order valence-corrected chi connectivity index (χ4v) is 11.2. The largest absolute Gasteiger partial charge is 0.352 e. The maximum absolute atomic E-state index is 13.1. The highest BCUT2D eigenvalue weighted by molar-refractivity contribution is 7.57. The molecule has 0 amide bonds. The van der Waals surface area contributed by atoms with Crippen molar-refractivity contribution in [2.24, 2.45) is 0 Å². The molecule has 0 unspecified atom stereocenters. The Hall–Kier alpha value is 0.584. The maximum Gasteiger partial charge on any atom is 0.311 e. The van der Waals surface area contributed by atoms with Crippen LogP contribution < -0.4 is 0 Å². The van der Waals surface area contributed by atoms with Gasteiger partial charge in [-0.15, -0.1) is 0 Å². The highest BCUT2D eigenvalue weighted by Crippen LogP contribution is 2.53. The van der Waals surface area contributed by atoms with Crippen molar-refractivity contribution in [1.82, 2.24) is 0 Å². The van der Waals surface area contributed by atoms with Gasteiger partial charge in [-0.2, -0.15) is 0 Å². The molecule has 0 aromatic carbocycles. The van der Waals surface area contributed by atoms with Gasteiger partial charge >= 0.3 is 7.60 Å². The van der Waals surface area contributed by atoms with Crippen LogP contribution in [0.2, 0.25) is 39.3 Å². The molecule has 0 N–H and O–H groups in total. The van der Waals surface area contributed by atoms with E-state index in [9.17, 15) is 4.57 Å². The predicted molar refractivity (Wildman–Crippen MR) is 113 cm³/mol. The van der Waals surface area contributed by atoms with Gasteiger partial charge in [0.05, 0.1) is 0 Å². The Morgan fingerprint density at radius 2 is 0.958 bits per heavy atom. The molecule has 6 heteroatoms. The van der Waals surface area contributed by atoms with E-state index in [1.807, 2.05) is 0 Å². The summed E-state index contributed by atoms with van der Waals surface area (Å²) in [5, 5.41) is 0. The fourth-order valence-electron chi connectivity index (χ4n) is 2.74. The zero-order chi connectivity index (χ0) is 18.7. The molecule has 146 valence electrons. The van der Waals surface area contributed by atoms with Crippen molar-refractivity contribution in [2.75, 3.05) is 6.16 Å². The summed E-state index contributed by atoms with van der Waals surface area (Å²) in [5.41, 5.74) is 0. The van der Waals surface area contributed by atoms with Gasteiger partial charge in [-0.3, -0.25) is 4.57 Å². The van der Waals surface area contributed by atoms with Crippen LogP contribution in [0.4, 0.5) is 0 Å². The first-order chi connectivity index (χ1) is 11.0. The molecule has 0 atom stereocenters. The molecule has 0 aliphatic heterocycles. The second-order valence-corrected chi connectivity index (χ2v) is 20.5. The number of unbranched alkanes of at least 4 members (excludes halogenated alkanes) is 9. The first kappa shape index (κ1) is 24.6. The molecule has 24 heavy (non-hydrogen) atoms. The van der Waals surface area contributed by atoms with Gasteiger partial charge in [0, 0.05) is 6.16 Å². The van der Waals surface area contributed by atoms with Crippen LogP contribution in [0, 0.1) is 0 Å². The second-order valence-electron chi connectivity index (χ2n) is 8.92. The summed E-state index contributed by atoms with van der Waals surface area (Å²) in [6.07, 6.45) is 13.4. The van der Waals surface area contributed by atoms with E-state index in [4.69, 9.17) is 8.43 Å². The molecule has 0 aromatic rings. The van der Waals surface area contributed by atoms with Crippen LogP contribution in [-0.4, -0.2) is 22.8 Å². The minimum atomic E-state index is -2.91. The molecule has 0 aliphatic carbocycles. The highest BCUT2D eigenvalue weighted by atomic mass is 31.2. The van der Waals surface area contributed by atoms with Gasteiger partial charge in [0.2, 0.25) is 0 Å². The average molecular weight is 395 g/mol. The topological polar surface area (TPSA) is 35.5 Å². The van der Waals surface area contributed by atoms with Crippen molar-refractivity contribution < 1.29 is 13.0 Å². The Morgan fingerprint density at radius 3 is 1.29 bits per heavy atom. The Kier molecular flexibility index (Phi) is 12.4. The van der Waals surface area contributed by atoms with Crippen molar-refractivity contribution in [3.63, 3.8) is 0 Å². The Bertz CT molecular complexity index is 342. The van der Waals surface area contributed by atoms with E-state index in [1.54, 1.807) is 0 Å².